The quantitative estimate of drug-likeness (QED) is 0.742. The zero-order chi connectivity index (χ0) is 14.3. The largest absolute Gasteiger partial charge is 0.383 e. The second kappa shape index (κ2) is 5.13. The zero-order valence-electron chi connectivity index (χ0n) is 10.6. The van der Waals surface area contributed by atoms with Crippen molar-refractivity contribution in [2.45, 2.75) is 0 Å². The number of anilines is 1. The van der Waals surface area contributed by atoms with E-state index >= 15 is 0 Å². The Morgan fingerprint density at radius 2 is 2.00 bits per heavy atom. The fourth-order valence-electron chi connectivity index (χ4n) is 2.08. The molecule has 6 heteroatoms. The molecule has 1 aromatic carbocycles. The minimum atomic E-state index is 0.604. The zero-order valence-corrected chi connectivity index (χ0v) is 12.9. The van der Waals surface area contributed by atoms with Crippen LogP contribution in [0.5, 0.6) is 0 Å². The lowest BCUT2D eigenvalue weighted by molar-refractivity contribution is 0.783. The van der Waals surface area contributed by atoms with Gasteiger partial charge in [0.05, 0.1) is 14.8 Å². The Balaban J connectivity index is 2.24. The Labute approximate surface area is 130 Å². The van der Waals surface area contributed by atoms with Crippen LogP contribution in [0.3, 0.4) is 0 Å². The van der Waals surface area contributed by atoms with Crippen LogP contribution in [0.4, 0.5) is 5.82 Å². The summed E-state index contributed by atoms with van der Waals surface area (Å²) >= 11 is 13.6. The fraction of sp³-hybridized carbons (Fsp3) is 0.0714. The van der Waals surface area contributed by atoms with Gasteiger partial charge in [0.2, 0.25) is 0 Å². The number of hydrogen-bond acceptors (Lipinski definition) is 3. The van der Waals surface area contributed by atoms with Crippen molar-refractivity contribution in [2.75, 3.05) is 5.73 Å². The van der Waals surface area contributed by atoms with Gasteiger partial charge in [-0.3, -0.25) is 4.68 Å². The monoisotopic (exact) mass is 323 g/mol. The standard InChI is InChI=1S/C14H11Cl2N3S/c1-19-14(17)12(8-3-2-4-9(15)7-8)13(18-19)10-5-6-11(16)20-10/h2-7H,17H2,1H3. The first-order valence-electron chi connectivity index (χ1n) is 5.90. The second-order valence-electron chi connectivity index (χ2n) is 4.35. The highest BCUT2D eigenvalue weighted by molar-refractivity contribution is 7.19. The van der Waals surface area contributed by atoms with Crippen molar-refractivity contribution in [2.24, 2.45) is 7.05 Å². The number of thiophene rings is 1. The molecule has 102 valence electrons. The van der Waals surface area contributed by atoms with Gasteiger partial charge in [-0.2, -0.15) is 5.10 Å². The van der Waals surface area contributed by atoms with Crippen molar-refractivity contribution < 1.29 is 0 Å². The van der Waals surface area contributed by atoms with E-state index in [1.54, 1.807) is 4.68 Å². The molecule has 3 aromatic rings. The number of halogens is 2. The van der Waals surface area contributed by atoms with Gasteiger partial charge in [-0.15, -0.1) is 11.3 Å². The maximum atomic E-state index is 6.16. The van der Waals surface area contributed by atoms with Crippen LogP contribution in [0.25, 0.3) is 21.7 Å². The summed E-state index contributed by atoms with van der Waals surface area (Å²) in [7, 11) is 1.82. The van der Waals surface area contributed by atoms with Gasteiger partial charge >= 0.3 is 0 Å². The Morgan fingerprint density at radius 3 is 2.65 bits per heavy atom. The predicted molar refractivity (Wildman–Crippen MR) is 86.4 cm³/mol. The highest BCUT2D eigenvalue weighted by Crippen LogP contribution is 2.40. The number of nitrogens with zero attached hydrogens (tertiary/aromatic N) is 2. The van der Waals surface area contributed by atoms with Crippen LogP contribution in [0, 0.1) is 0 Å². The third kappa shape index (κ3) is 2.30. The molecule has 0 fully saturated rings. The van der Waals surface area contributed by atoms with Crippen molar-refractivity contribution in [3.63, 3.8) is 0 Å². The molecule has 0 amide bonds. The molecule has 0 unspecified atom stereocenters. The van der Waals surface area contributed by atoms with E-state index in [1.165, 1.54) is 11.3 Å². The van der Waals surface area contributed by atoms with Crippen molar-refractivity contribution in [1.82, 2.24) is 9.78 Å². The van der Waals surface area contributed by atoms with E-state index in [0.717, 1.165) is 26.0 Å². The van der Waals surface area contributed by atoms with Crippen LogP contribution in [-0.4, -0.2) is 9.78 Å². The van der Waals surface area contributed by atoms with Crippen LogP contribution in [-0.2, 0) is 7.05 Å². The van der Waals surface area contributed by atoms with Gasteiger partial charge in [-0.1, -0.05) is 35.3 Å². The Hall–Kier alpha value is -1.49. The summed E-state index contributed by atoms with van der Waals surface area (Å²) in [5.41, 5.74) is 8.81. The Kier molecular flexibility index (Phi) is 3.46. The molecule has 2 heterocycles. The maximum absolute atomic E-state index is 6.16. The van der Waals surface area contributed by atoms with E-state index in [9.17, 15) is 0 Å². The smallest absolute Gasteiger partial charge is 0.129 e. The second-order valence-corrected chi connectivity index (χ2v) is 6.50. The van der Waals surface area contributed by atoms with Gasteiger partial charge < -0.3 is 5.73 Å². The fourth-order valence-corrected chi connectivity index (χ4v) is 3.30. The van der Waals surface area contributed by atoms with E-state index in [2.05, 4.69) is 5.10 Å². The molecule has 2 aromatic heterocycles. The molecular weight excluding hydrogens is 313 g/mol. The number of aromatic nitrogens is 2. The number of nitrogens with two attached hydrogens (primary N) is 1. The van der Waals surface area contributed by atoms with Gasteiger partial charge in [-0.25, -0.2) is 0 Å². The van der Waals surface area contributed by atoms with Crippen LogP contribution in [0.2, 0.25) is 9.36 Å². The first-order chi connectivity index (χ1) is 9.56. The number of hydrogen-bond donors (Lipinski definition) is 1. The molecule has 0 aliphatic heterocycles. The highest BCUT2D eigenvalue weighted by atomic mass is 35.5. The van der Waals surface area contributed by atoms with Gasteiger partial charge in [0.1, 0.15) is 11.5 Å². The van der Waals surface area contributed by atoms with Gasteiger partial charge in [0.25, 0.3) is 0 Å². The highest BCUT2D eigenvalue weighted by Gasteiger charge is 2.18. The molecule has 0 aliphatic rings. The summed E-state index contributed by atoms with van der Waals surface area (Å²) < 4.78 is 2.39. The van der Waals surface area contributed by atoms with E-state index < -0.39 is 0 Å². The lowest BCUT2D eigenvalue weighted by Crippen LogP contribution is -1.97. The number of nitrogen functional groups attached to an aromatic ring is 1. The summed E-state index contributed by atoms with van der Waals surface area (Å²) in [6, 6.07) is 11.4. The van der Waals surface area contributed by atoms with Crippen LogP contribution in [0.1, 0.15) is 0 Å². The van der Waals surface area contributed by atoms with Crippen molar-refractivity contribution >= 4 is 40.4 Å². The summed E-state index contributed by atoms with van der Waals surface area (Å²) in [5, 5.41) is 5.17. The molecule has 0 saturated heterocycles. The van der Waals surface area contributed by atoms with Crippen molar-refractivity contribution in [1.29, 1.82) is 0 Å². The first kappa shape index (κ1) is 13.5. The lowest BCUT2D eigenvalue weighted by Gasteiger charge is -2.03. The molecule has 0 spiro atoms. The topological polar surface area (TPSA) is 43.8 Å². The normalized spacial score (nSPS) is 10.9. The Bertz CT molecular complexity index is 777. The van der Waals surface area contributed by atoms with Gasteiger partial charge in [0, 0.05) is 12.1 Å². The number of aryl methyl sites for hydroxylation is 1. The molecule has 2 N–H and O–H groups in total. The molecule has 0 atom stereocenters. The third-order valence-corrected chi connectivity index (χ3v) is 4.48. The minimum absolute atomic E-state index is 0.604. The summed E-state index contributed by atoms with van der Waals surface area (Å²) in [4.78, 5) is 0.984. The maximum Gasteiger partial charge on any atom is 0.129 e. The van der Waals surface area contributed by atoms with E-state index in [-0.39, 0.29) is 0 Å². The SMILES string of the molecule is Cn1nc(-c2ccc(Cl)s2)c(-c2cccc(Cl)c2)c1N. The van der Waals surface area contributed by atoms with E-state index in [1.807, 2.05) is 43.4 Å². The molecule has 0 saturated carbocycles. The molecule has 0 aliphatic carbocycles. The van der Waals surface area contributed by atoms with Gasteiger partial charge in [0.15, 0.2) is 0 Å². The summed E-state index contributed by atoms with van der Waals surface area (Å²) in [6.45, 7) is 0. The molecule has 0 radical (unpaired) electrons. The van der Waals surface area contributed by atoms with E-state index in [0.29, 0.717) is 10.8 Å². The lowest BCUT2D eigenvalue weighted by atomic mass is 10.0. The van der Waals surface area contributed by atoms with Crippen LogP contribution in [0.15, 0.2) is 36.4 Å². The van der Waals surface area contributed by atoms with Crippen molar-refractivity contribution in [3.05, 3.63) is 45.8 Å². The minimum Gasteiger partial charge on any atom is -0.383 e. The molecule has 0 bridgehead atoms. The molecular formula is C14H11Cl2N3S. The number of rotatable bonds is 2. The first-order valence-corrected chi connectivity index (χ1v) is 7.47. The van der Waals surface area contributed by atoms with Gasteiger partial charge in [-0.05, 0) is 29.8 Å². The Morgan fingerprint density at radius 1 is 1.20 bits per heavy atom. The summed E-state index contributed by atoms with van der Waals surface area (Å²) in [6.07, 6.45) is 0. The molecule has 3 rings (SSSR count). The average molecular weight is 324 g/mol. The number of benzene rings is 1. The molecule has 3 nitrogen and oxygen atoms in total. The van der Waals surface area contributed by atoms with Crippen molar-refractivity contribution in [3.8, 4) is 21.7 Å². The van der Waals surface area contributed by atoms with E-state index in [4.69, 9.17) is 28.9 Å². The molecule has 20 heavy (non-hydrogen) atoms. The van der Waals surface area contributed by atoms with Crippen LogP contribution >= 0.6 is 34.5 Å². The van der Waals surface area contributed by atoms with Crippen LogP contribution < -0.4 is 5.73 Å². The third-order valence-electron chi connectivity index (χ3n) is 3.01. The predicted octanol–water partition coefficient (Wildman–Crippen LogP) is 4.70. The summed E-state index contributed by atoms with van der Waals surface area (Å²) in [5.74, 6) is 0.604. The average Bonchev–Trinajstić information content (AvgIpc) is 2.95.